The van der Waals surface area contributed by atoms with Gasteiger partial charge in [0, 0.05) is 19.6 Å². The normalized spacial score (nSPS) is 16.1. The van der Waals surface area contributed by atoms with Crippen LogP contribution in [0.15, 0.2) is 18.2 Å². The molecule has 20 heavy (non-hydrogen) atoms. The Labute approximate surface area is 116 Å². The zero-order valence-corrected chi connectivity index (χ0v) is 11.0. The summed E-state index contributed by atoms with van der Waals surface area (Å²) in [5, 5.41) is 8.60. The van der Waals surface area contributed by atoms with Gasteiger partial charge in [0.15, 0.2) is 5.78 Å². The number of ether oxygens (including phenoxy) is 1. The minimum Gasteiger partial charge on any atom is -0.481 e. The molecule has 0 saturated carbocycles. The minimum absolute atomic E-state index is 0.154. The zero-order chi connectivity index (χ0) is 14.5. The molecule has 1 aliphatic rings. The summed E-state index contributed by atoms with van der Waals surface area (Å²) < 4.78 is 18.8. The Bertz CT molecular complexity index is 512. The van der Waals surface area contributed by atoms with Gasteiger partial charge >= 0.3 is 5.97 Å². The van der Waals surface area contributed by atoms with Gasteiger partial charge in [0.05, 0.1) is 18.8 Å². The first-order valence-electron chi connectivity index (χ1n) is 6.40. The second-order valence-corrected chi connectivity index (χ2v) is 4.70. The molecule has 1 heterocycles. The number of benzene rings is 1. The third kappa shape index (κ3) is 3.85. The first-order chi connectivity index (χ1) is 9.56. The fourth-order valence-corrected chi connectivity index (χ4v) is 2.13. The Morgan fingerprint density at radius 1 is 1.30 bits per heavy atom. The van der Waals surface area contributed by atoms with Gasteiger partial charge in [0.2, 0.25) is 0 Å². The van der Waals surface area contributed by atoms with Crippen molar-refractivity contribution in [3.63, 3.8) is 0 Å². The van der Waals surface area contributed by atoms with Crippen LogP contribution in [0.1, 0.15) is 22.3 Å². The molecular formula is C14H16FNO4. The maximum Gasteiger partial charge on any atom is 0.311 e. The number of carboxylic acids is 1. The average Bonchev–Trinajstić information content (AvgIpc) is 2.41. The van der Waals surface area contributed by atoms with Gasteiger partial charge in [-0.25, -0.2) is 4.39 Å². The second kappa shape index (κ2) is 6.58. The number of carboxylic acid groups (broad SMARTS) is 1. The molecule has 1 aromatic rings. The van der Waals surface area contributed by atoms with E-state index in [-0.39, 0.29) is 5.56 Å². The number of nitrogens with zero attached hydrogens (tertiary/aromatic N) is 1. The Hall–Kier alpha value is -1.79. The van der Waals surface area contributed by atoms with Crippen LogP contribution in [-0.4, -0.2) is 48.1 Å². The van der Waals surface area contributed by atoms with Crippen LogP contribution in [0.5, 0.6) is 0 Å². The molecule has 0 unspecified atom stereocenters. The summed E-state index contributed by atoms with van der Waals surface area (Å²) >= 11 is 0. The van der Waals surface area contributed by atoms with E-state index in [1.54, 1.807) is 6.07 Å². The molecule has 1 saturated heterocycles. The van der Waals surface area contributed by atoms with E-state index < -0.39 is 24.0 Å². The molecule has 0 amide bonds. The average molecular weight is 281 g/mol. The largest absolute Gasteiger partial charge is 0.481 e. The van der Waals surface area contributed by atoms with Crippen LogP contribution < -0.4 is 0 Å². The number of Topliss-reactive ketones (excluding diaryl/α,β-unsaturated/α-hetero) is 1. The quantitative estimate of drug-likeness (QED) is 0.651. The maximum absolute atomic E-state index is 13.6. The molecule has 6 heteroatoms. The van der Waals surface area contributed by atoms with Crippen molar-refractivity contribution in [2.24, 2.45) is 0 Å². The lowest BCUT2D eigenvalue weighted by atomic mass is 10.0. The molecule has 5 nitrogen and oxygen atoms in total. The number of rotatable bonds is 5. The Morgan fingerprint density at radius 3 is 2.65 bits per heavy atom. The number of hydrogen-bond donors (Lipinski definition) is 1. The number of hydrogen-bond acceptors (Lipinski definition) is 4. The Balaban J connectivity index is 2.11. The number of carbonyl (C=O) groups is 2. The molecule has 0 bridgehead atoms. The van der Waals surface area contributed by atoms with Gasteiger partial charge in [-0.15, -0.1) is 0 Å². The van der Waals surface area contributed by atoms with Crippen LogP contribution in [0.4, 0.5) is 4.39 Å². The predicted octanol–water partition coefficient (Wildman–Crippen LogP) is 1.32. The van der Waals surface area contributed by atoms with E-state index in [2.05, 4.69) is 4.90 Å². The summed E-state index contributed by atoms with van der Waals surface area (Å²) in [7, 11) is 0. The number of ketones is 1. The van der Waals surface area contributed by atoms with Gasteiger partial charge in [-0.1, -0.05) is 6.07 Å². The number of carbonyl (C=O) groups excluding carboxylic acids is 1. The van der Waals surface area contributed by atoms with Crippen molar-refractivity contribution in [3.8, 4) is 0 Å². The van der Waals surface area contributed by atoms with Crippen molar-refractivity contribution in [1.29, 1.82) is 0 Å². The highest BCUT2D eigenvalue weighted by molar-refractivity contribution is 6.05. The van der Waals surface area contributed by atoms with Crippen molar-refractivity contribution in [1.82, 2.24) is 4.90 Å². The van der Waals surface area contributed by atoms with Gasteiger partial charge < -0.3 is 9.84 Å². The van der Waals surface area contributed by atoms with E-state index in [4.69, 9.17) is 9.84 Å². The first kappa shape index (κ1) is 14.6. The lowest BCUT2D eigenvalue weighted by molar-refractivity contribution is -0.135. The number of morpholine rings is 1. The molecular weight excluding hydrogens is 265 g/mol. The maximum atomic E-state index is 13.6. The Kier molecular flexibility index (Phi) is 4.81. The van der Waals surface area contributed by atoms with Crippen LogP contribution >= 0.6 is 0 Å². The van der Waals surface area contributed by atoms with Crippen molar-refractivity contribution in [2.75, 3.05) is 26.3 Å². The van der Waals surface area contributed by atoms with E-state index in [0.29, 0.717) is 19.8 Å². The molecule has 1 N–H and O–H groups in total. The van der Waals surface area contributed by atoms with Crippen molar-refractivity contribution in [2.45, 2.75) is 13.0 Å². The zero-order valence-electron chi connectivity index (χ0n) is 11.0. The van der Waals surface area contributed by atoms with Crippen LogP contribution in [0.25, 0.3) is 0 Å². The Morgan fingerprint density at radius 2 is 2.00 bits per heavy atom. The summed E-state index contributed by atoms with van der Waals surface area (Å²) in [5.74, 6) is -2.64. The van der Waals surface area contributed by atoms with Crippen molar-refractivity contribution < 1.29 is 23.8 Å². The van der Waals surface area contributed by atoms with Crippen LogP contribution in [0, 0.1) is 5.82 Å². The molecule has 1 aliphatic heterocycles. The molecule has 2 rings (SSSR count). The van der Waals surface area contributed by atoms with Gasteiger partial charge in [-0.2, -0.15) is 0 Å². The molecule has 0 atom stereocenters. The van der Waals surface area contributed by atoms with Crippen LogP contribution in [0.2, 0.25) is 0 Å². The predicted molar refractivity (Wildman–Crippen MR) is 69.1 cm³/mol. The van der Waals surface area contributed by atoms with E-state index >= 15 is 0 Å². The highest BCUT2D eigenvalue weighted by Crippen LogP contribution is 2.15. The fraction of sp³-hybridized carbons (Fsp3) is 0.429. The second-order valence-electron chi connectivity index (χ2n) is 4.70. The molecule has 1 fully saturated rings. The third-order valence-electron chi connectivity index (χ3n) is 3.15. The minimum atomic E-state index is -1.26. The summed E-state index contributed by atoms with van der Waals surface area (Å²) in [5.41, 5.74) is 0.639. The van der Waals surface area contributed by atoms with Crippen LogP contribution in [0.3, 0.4) is 0 Å². The van der Waals surface area contributed by atoms with Gasteiger partial charge in [0.1, 0.15) is 12.2 Å². The topological polar surface area (TPSA) is 66.8 Å². The van der Waals surface area contributed by atoms with E-state index in [1.807, 2.05) is 0 Å². The molecule has 0 radical (unpaired) electrons. The third-order valence-corrected chi connectivity index (χ3v) is 3.15. The number of halogens is 1. The first-order valence-corrected chi connectivity index (χ1v) is 6.40. The highest BCUT2D eigenvalue weighted by Gasteiger charge is 2.17. The van der Waals surface area contributed by atoms with Crippen molar-refractivity contribution in [3.05, 3.63) is 35.1 Å². The molecule has 0 aromatic heterocycles. The lowest BCUT2D eigenvalue weighted by Gasteiger charge is -2.26. The number of aliphatic carboxylic acids is 1. The van der Waals surface area contributed by atoms with E-state index in [9.17, 15) is 14.0 Å². The SMILES string of the molecule is O=C(O)CC(=O)c1cc(CN2CCOCC2)ccc1F. The molecule has 0 spiro atoms. The lowest BCUT2D eigenvalue weighted by Crippen LogP contribution is -2.35. The fourth-order valence-electron chi connectivity index (χ4n) is 2.13. The standard InChI is InChI=1S/C14H16FNO4/c15-12-2-1-10(9-16-3-5-20-6-4-16)7-11(12)13(17)8-14(18)19/h1-2,7H,3-6,8-9H2,(H,18,19). The monoisotopic (exact) mass is 281 g/mol. The van der Waals surface area contributed by atoms with E-state index in [1.165, 1.54) is 12.1 Å². The summed E-state index contributed by atoms with van der Waals surface area (Å²) in [6.07, 6.45) is -0.697. The smallest absolute Gasteiger partial charge is 0.311 e. The molecule has 108 valence electrons. The van der Waals surface area contributed by atoms with Gasteiger partial charge in [0.25, 0.3) is 0 Å². The summed E-state index contributed by atoms with van der Waals surface area (Å²) in [6.45, 7) is 3.49. The summed E-state index contributed by atoms with van der Waals surface area (Å²) in [4.78, 5) is 24.3. The van der Waals surface area contributed by atoms with Crippen LogP contribution in [-0.2, 0) is 16.1 Å². The molecule has 1 aromatic carbocycles. The van der Waals surface area contributed by atoms with E-state index in [0.717, 1.165) is 18.7 Å². The molecule has 0 aliphatic carbocycles. The highest BCUT2D eigenvalue weighted by atomic mass is 19.1. The van der Waals surface area contributed by atoms with Crippen molar-refractivity contribution >= 4 is 11.8 Å². The van der Waals surface area contributed by atoms with Gasteiger partial charge in [-0.3, -0.25) is 14.5 Å². The summed E-state index contributed by atoms with van der Waals surface area (Å²) in [6, 6.07) is 4.27. The van der Waals surface area contributed by atoms with Gasteiger partial charge in [-0.05, 0) is 17.7 Å².